The second-order valence-corrected chi connectivity index (χ2v) is 4.16. The molecule has 0 saturated carbocycles. The molecule has 0 unspecified atom stereocenters. The smallest absolute Gasteiger partial charge is 0.422 e. The number of nitrogens with two attached hydrogens (primary N) is 1. The standard InChI is InChI=1S/C12H13F3N4O/c13-12(14,15)8-20-11-2-1-9(4-17-11)6-19-7-10(3-16)5-18-19/h1-2,4-5,7H,3,6,8,16H2. The Hall–Kier alpha value is -2.09. The van der Waals surface area contributed by atoms with Gasteiger partial charge in [0.25, 0.3) is 0 Å². The van der Waals surface area contributed by atoms with Gasteiger partial charge in [-0.25, -0.2) is 4.98 Å². The monoisotopic (exact) mass is 286 g/mol. The molecule has 0 bridgehead atoms. The summed E-state index contributed by atoms with van der Waals surface area (Å²) in [5.74, 6) is -0.0609. The van der Waals surface area contributed by atoms with Gasteiger partial charge in [-0.1, -0.05) is 6.07 Å². The Morgan fingerprint density at radius 2 is 2.00 bits per heavy atom. The molecule has 0 radical (unpaired) electrons. The van der Waals surface area contributed by atoms with Crippen LogP contribution in [0, 0.1) is 0 Å². The predicted molar refractivity (Wildman–Crippen MR) is 65.0 cm³/mol. The lowest BCUT2D eigenvalue weighted by molar-refractivity contribution is -0.154. The maximum atomic E-state index is 12.0. The zero-order valence-electron chi connectivity index (χ0n) is 10.5. The highest BCUT2D eigenvalue weighted by atomic mass is 19.4. The molecule has 0 amide bonds. The van der Waals surface area contributed by atoms with Gasteiger partial charge in [0.2, 0.25) is 5.88 Å². The summed E-state index contributed by atoms with van der Waals surface area (Å²) >= 11 is 0. The molecule has 5 nitrogen and oxygen atoms in total. The average Bonchev–Trinajstić information content (AvgIpc) is 2.85. The van der Waals surface area contributed by atoms with E-state index in [0.29, 0.717) is 13.1 Å². The molecule has 2 heterocycles. The quantitative estimate of drug-likeness (QED) is 0.909. The van der Waals surface area contributed by atoms with Gasteiger partial charge in [-0.2, -0.15) is 18.3 Å². The van der Waals surface area contributed by atoms with Gasteiger partial charge in [-0.3, -0.25) is 4.68 Å². The van der Waals surface area contributed by atoms with E-state index in [4.69, 9.17) is 5.73 Å². The molecule has 2 N–H and O–H groups in total. The Morgan fingerprint density at radius 1 is 1.20 bits per heavy atom. The fraction of sp³-hybridized carbons (Fsp3) is 0.333. The summed E-state index contributed by atoms with van der Waals surface area (Å²) in [6.07, 6.45) is 0.547. The van der Waals surface area contributed by atoms with Gasteiger partial charge < -0.3 is 10.5 Å². The number of hydrogen-bond acceptors (Lipinski definition) is 4. The number of nitrogens with zero attached hydrogens (tertiary/aromatic N) is 3. The van der Waals surface area contributed by atoms with Crippen molar-refractivity contribution in [2.24, 2.45) is 5.73 Å². The molecule has 0 atom stereocenters. The molecule has 0 aliphatic carbocycles. The molecule has 0 fully saturated rings. The molecule has 0 spiro atoms. The van der Waals surface area contributed by atoms with Crippen molar-refractivity contribution in [3.05, 3.63) is 41.9 Å². The molecule has 20 heavy (non-hydrogen) atoms. The molecule has 2 aromatic rings. The lowest BCUT2D eigenvalue weighted by Crippen LogP contribution is -2.19. The van der Waals surface area contributed by atoms with E-state index in [1.165, 1.54) is 12.3 Å². The molecule has 0 saturated heterocycles. The zero-order chi connectivity index (χ0) is 14.6. The Balaban J connectivity index is 1.94. The summed E-state index contributed by atoms with van der Waals surface area (Å²) in [6.45, 7) is -0.479. The number of alkyl halides is 3. The number of aromatic nitrogens is 3. The van der Waals surface area contributed by atoms with Crippen LogP contribution in [0.4, 0.5) is 13.2 Å². The lowest BCUT2D eigenvalue weighted by atomic mass is 10.3. The third-order valence-corrected chi connectivity index (χ3v) is 2.45. The molecule has 108 valence electrons. The third kappa shape index (κ3) is 4.23. The summed E-state index contributed by atoms with van der Waals surface area (Å²) in [4.78, 5) is 3.82. The van der Waals surface area contributed by atoms with Crippen molar-refractivity contribution in [2.45, 2.75) is 19.3 Å². The summed E-state index contributed by atoms with van der Waals surface area (Å²) < 4.78 is 42.1. The first-order chi connectivity index (χ1) is 9.46. The summed E-state index contributed by atoms with van der Waals surface area (Å²) in [5.41, 5.74) is 7.18. The second-order valence-electron chi connectivity index (χ2n) is 4.16. The van der Waals surface area contributed by atoms with Crippen LogP contribution in [0.25, 0.3) is 0 Å². The first-order valence-corrected chi connectivity index (χ1v) is 5.82. The number of hydrogen-bond donors (Lipinski definition) is 1. The van der Waals surface area contributed by atoms with Gasteiger partial charge in [0.15, 0.2) is 6.61 Å². The minimum absolute atomic E-state index is 0.0609. The SMILES string of the molecule is NCc1cnn(Cc2ccc(OCC(F)(F)F)nc2)c1. The van der Waals surface area contributed by atoms with Crippen molar-refractivity contribution in [1.29, 1.82) is 0 Å². The maximum absolute atomic E-state index is 12.0. The fourth-order valence-electron chi connectivity index (χ4n) is 1.53. The van der Waals surface area contributed by atoms with E-state index in [1.807, 2.05) is 0 Å². The van der Waals surface area contributed by atoms with Gasteiger partial charge in [-0.15, -0.1) is 0 Å². The Morgan fingerprint density at radius 3 is 2.55 bits per heavy atom. The van der Waals surface area contributed by atoms with E-state index in [0.717, 1.165) is 11.1 Å². The van der Waals surface area contributed by atoms with Crippen LogP contribution >= 0.6 is 0 Å². The van der Waals surface area contributed by atoms with Crippen molar-refractivity contribution in [3.63, 3.8) is 0 Å². The highest BCUT2D eigenvalue weighted by Gasteiger charge is 2.28. The van der Waals surface area contributed by atoms with Crippen molar-refractivity contribution in [3.8, 4) is 5.88 Å². The van der Waals surface area contributed by atoms with Gasteiger partial charge in [-0.05, 0) is 5.56 Å². The molecule has 2 aromatic heterocycles. The third-order valence-electron chi connectivity index (χ3n) is 2.45. The fourth-order valence-corrected chi connectivity index (χ4v) is 1.53. The molecule has 8 heteroatoms. The van der Waals surface area contributed by atoms with Crippen molar-refractivity contribution >= 4 is 0 Å². The normalized spacial score (nSPS) is 11.6. The van der Waals surface area contributed by atoms with Crippen LogP contribution in [0.1, 0.15) is 11.1 Å². The van der Waals surface area contributed by atoms with Crippen LogP contribution in [0.2, 0.25) is 0 Å². The van der Waals surface area contributed by atoms with Gasteiger partial charge in [0.1, 0.15) is 0 Å². The largest absolute Gasteiger partial charge is 0.468 e. The van der Waals surface area contributed by atoms with Gasteiger partial charge >= 0.3 is 6.18 Å². The highest BCUT2D eigenvalue weighted by Crippen LogP contribution is 2.17. The first-order valence-electron chi connectivity index (χ1n) is 5.82. The number of pyridine rings is 1. The first kappa shape index (κ1) is 14.3. The molecular weight excluding hydrogens is 273 g/mol. The minimum atomic E-state index is -4.37. The topological polar surface area (TPSA) is 66.0 Å². The van der Waals surface area contributed by atoms with Crippen molar-refractivity contribution in [1.82, 2.24) is 14.8 Å². The van der Waals surface area contributed by atoms with Crippen molar-refractivity contribution < 1.29 is 17.9 Å². The number of halogens is 3. The summed E-state index contributed by atoms with van der Waals surface area (Å²) in [6, 6.07) is 3.04. The van der Waals surface area contributed by atoms with Crippen LogP contribution in [0.5, 0.6) is 5.88 Å². The Kier molecular flexibility index (Phi) is 4.23. The Bertz CT molecular complexity index is 551. The van der Waals surface area contributed by atoms with E-state index in [1.54, 1.807) is 23.1 Å². The minimum Gasteiger partial charge on any atom is -0.468 e. The van der Waals surface area contributed by atoms with Crippen LogP contribution in [-0.2, 0) is 13.1 Å². The van der Waals surface area contributed by atoms with Crippen LogP contribution in [-0.4, -0.2) is 27.5 Å². The summed E-state index contributed by atoms with van der Waals surface area (Å²) in [7, 11) is 0. The van der Waals surface area contributed by atoms with E-state index in [2.05, 4.69) is 14.8 Å². The van der Waals surface area contributed by atoms with E-state index >= 15 is 0 Å². The van der Waals surface area contributed by atoms with Crippen LogP contribution in [0.15, 0.2) is 30.7 Å². The number of ether oxygens (including phenoxy) is 1. The van der Waals surface area contributed by atoms with Crippen LogP contribution in [0.3, 0.4) is 0 Å². The molecular formula is C12H13F3N4O. The Labute approximate surface area is 113 Å². The second kappa shape index (κ2) is 5.91. The average molecular weight is 286 g/mol. The molecule has 0 aliphatic heterocycles. The van der Waals surface area contributed by atoms with Crippen LogP contribution < -0.4 is 10.5 Å². The van der Waals surface area contributed by atoms with Gasteiger partial charge in [0, 0.05) is 30.6 Å². The molecule has 0 aliphatic rings. The van der Waals surface area contributed by atoms with E-state index < -0.39 is 12.8 Å². The van der Waals surface area contributed by atoms with Gasteiger partial charge in [0.05, 0.1) is 12.7 Å². The zero-order valence-corrected chi connectivity index (χ0v) is 10.5. The van der Waals surface area contributed by atoms with E-state index in [-0.39, 0.29) is 5.88 Å². The highest BCUT2D eigenvalue weighted by molar-refractivity contribution is 5.18. The molecule has 0 aromatic carbocycles. The van der Waals surface area contributed by atoms with Crippen molar-refractivity contribution in [2.75, 3.05) is 6.61 Å². The van der Waals surface area contributed by atoms with E-state index in [9.17, 15) is 13.2 Å². The summed E-state index contributed by atoms with van der Waals surface area (Å²) in [5, 5.41) is 4.10. The molecule has 2 rings (SSSR count). The lowest BCUT2D eigenvalue weighted by Gasteiger charge is -2.08. The number of rotatable bonds is 5. The predicted octanol–water partition coefficient (Wildman–Crippen LogP) is 1.73. The maximum Gasteiger partial charge on any atom is 0.422 e.